The van der Waals surface area contributed by atoms with Gasteiger partial charge in [0.15, 0.2) is 5.75 Å². The van der Waals surface area contributed by atoms with Crippen LogP contribution in [0.3, 0.4) is 0 Å². The van der Waals surface area contributed by atoms with Gasteiger partial charge in [-0.2, -0.15) is 13.2 Å². The van der Waals surface area contributed by atoms with Crippen LogP contribution in [0.1, 0.15) is 29.2 Å². The second-order valence-corrected chi connectivity index (χ2v) is 6.97. The third-order valence-corrected chi connectivity index (χ3v) is 4.79. The summed E-state index contributed by atoms with van der Waals surface area (Å²) in [5.74, 6) is -2.67. The first-order valence-corrected chi connectivity index (χ1v) is 9.16. The summed E-state index contributed by atoms with van der Waals surface area (Å²) in [6.07, 6.45) is -4.79. The molecule has 3 rings (SSSR count). The minimum atomic E-state index is -4.84. The van der Waals surface area contributed by atoms with Crippen molar-refractivity contribution in [3.05, 3.63) is 64.7 Å². The highest BCUT2D eigenvalue weighted by atomic mass is 35.5. The van der Waals surface area contributed by atoms with Crippen LogP contribution in [0.25, 0.3) is 0 Å². The van der Waals surface area contributed by atoms with Crippen molar-refractivity contribution >= 4 is 28.7 Å². The number of hydrogen-bond donors (Lipinski definition) is 0. The van der Waals surface area contributed by atoms with E-state index in [4.69, 9.17) is 11.6 Å². The summed E-state index contributed by atoms with van der Waals surface area (Å²) in [6.45, 7) is 0. The zero-order chi connectivity index (χ0) is 20.6. The van der Waals surface area contributed by atoms with E-state index in [9.17, 15) is 30.7 Å². The van der Waals surface area contributed by atoms with Crippen molar-refractivity contribution in [3.8, 4) is 5.75 Å². The highest BCUT2D eigenvalue weighted by Crippen LogP contribution is 2.41. The predicted octanol–water partition coefficient (Wildman–Crippen LogP) is 4.70. The largest absolute Gasteiger partial charge is 0.740 e. The van der Waals surface area contributed by atoms with E-state index in [1.54, 1.807) is 0 Å². The van der Waals surface area contributed by atoms with Crippen LogP contribution < -0.4 is 4.18 Å². The summed E-state index contributed by atoms with van der Waals surface area (Å²) in [5, 5.41) is -0.892. The maximum absolute atomic E-state index is 14.0. The quantitative estimate of drug-likeness (QED) is 0.395. The maximum Gasteiger partial charge on any atom is 0.420 e. The minimum absolute atomic E-state index is 0.0515. The van der Waals surface area contributed by atoms with Crippen molar-refractivity contribution in [2.24, 2.45) is 4.99 Å². The summed E-state index contributed by atoms with van der Waals surface area (Å²) in [6, 6.07) is 5.02. The Bertz CT molecular complexity index is 946. The number of alkyl halides is 4. The molecular weight excluding hydrogens is 429 g/mol. The fourth-order valence-electron chi connectivity index (χ4n) is 2.91. The molecule has 0 saturated heterocycles. The molecule has 0 aliphatic carbocycles. The van der Waals surface area contributed by atoms with E-state index in [0.29, 0.717) is 6.07 Å². The highest BCUT2D eigenvalue weighted by molar-refractivity contribution is 7.74. The van der Waals surface area contributed by atoms with Crippen molar-refractivity contribution in [2.45, 2.75) is 24.0 Å². The van der Waals surface area contributed by atoms with Crippen LogP contribution in [-0.2, 0) is 17.5 Å². The third kappa shape index (κ3) is 4.18. The first-order chi connectivity index (χ1) is 13.1. The number of nitrogens with zero attached hydrogens (tertiary/aromatic N) is 1. The van der Waals surface area contributed by atoms with E-state index >= 15 is 0 Å². The average Bonchev–Trinajstić information content (AvgIpc) is 2.95. The van der Waals surface area contributed by atoms with Crippen LogP contribution in [0.15, 0.2) is 41.4 Å². The second kappa shape index (κ2) is 7.76. The normalized spacial score (nSPS) is 20.8. The Kier molecular flexibility index (Phi) is 5.74. The van der Waals surface area contributed by atoms with E-state index < -0.39 is 57.5 Å². The fourth-order valence-corrected chi connectivity index (χ4v) is 3.52. The van der Waals surface area contributed by atoms with Crippen LogP contribution in [0.4, 0.5) is 22.0 Å². The summed E-state index contributed by atoms with van der Waals surface area (Å²) in [7, 11) is 0. The van der Waals surface area contributed by atoms with Gasteiger partial charge in [-0.3, -0.25) is 4.99 Å². The molecule has 150 valence electrons. The highest BCUT2D eigenvalue weighted by Gasteiger charge is 2.36. The molecule has 0 amide bonds. The molecule has 0 aromatic heterocycles. The number of hydrogen-bond acceptors (Lipinski definition) is 4. The Morgan fingerprint density at radius 1 is 1.18 bits per heavy atom. The lowest BCUT2D eigenvalue weighted by Gasteiger charge is -2.17. The van der Waals surface area contributed by atoms with Gasteiger partial charge in [-0.15, -0.1) is 11.6 Å². The Hall–Kier alpha value is -2.04. The topological polar surface area (TPSA) is 61.7 Å². The molecule has 0 fully saturated rings. The molecule has 0 spiro atoms. The molecule has 0 radical (unpaired) electrons. The van der Waals surface area contributed by atoms with Crippen molar-refractivity contribution in [2.75, 3.05) is 0 Å². The molecule has 1 heterocycles. The van der Waals surface area contributed by atoms with Crippen molar-refractivity contribution in [1.82, 2.24) is 0 Å². The monoisotopic (exact) mass is 438 g/mol. The molecule has 11 heteroatoms. The molecule has 2 aromatic rings. The van der Waals surface area contributed by atoms with E-state index in [1.165, 1.54) is 6.07 Å². The lowest BCUT2D eigenvalue weighted by atomic mass is 10.0. The summed E-state index contributed by atoms with van der Waals surface area (Å²) >= 11 is 2.92. The van der Waals surface area contributed by atoms with E-state index in [0.717, 1.165) is 24.3 Å². The first kappa shape index (κ1) is 20.7. The summed E-state index contributed by atoms with van der Waals surface area (Å²) in [5.41, 5.74) is -1.61. The van der Waals surface area contributed by atoms with Gasteiger partial charge in [0.25, 0.3) is 0 Å². The van der Waals surface area contributed by atoms with E-state index in [-0.39, 0.29) is 17.7 Å². The molecule has 4 nitrogen and oxygen atoms in total. The molecule has 0 N–H and O–H groups in total. The first-order valence-electron chi connectivity index (χ1n) is 7.72. The predicted molar refractivity (Wildman–Crippen MR) is 90.9 cm³/mol. The summed E-state index contributed by atoms with van der Waals surface area (Å²) < 4.78 is 92.8. The van der Waals surface area contributed by atoms with Crippen LogP contribution in [-0.4, -0.2) is 19.9 Å². The molecule has 1 aliphatic rings. The standard InChI is InChI=1S/C17H11ClF5NO3S/c18-10-7-13(24-16(10)15-11(19)2-1-3-12(15)20)8-4-5-9(17(21,22)23)14(6-8)27-28(25)26/h1-6,10,13H,7H2,(H,25,26)/p-1/t10-,13-/m1/s1. The SMILES string of the molecule is O=S([O-])Oc1cc([C@H]2C[C@@H](Cl)C(c3c(F)cccc3F)=N2)ccc1C(F)(F)F. The van der Waals surface area contributed by atoms with E-state index in [1.807, 2.05) is 0 Å². The molecular formula is C17H10ClF5NO3S-. The lowest BCUT2D eigenvalue weighted by Crippen LogP contribution is -2.14. The fraction of sp³-hybridized carbons (Fsp3) is 0.235. The average molecular weight is 439 g/mol. The Balaban J connectivity index is 2.02. The van der Waals surface area contributed by atoms with Gasteiger partial charge in [0.2, 0.25) is 0 Å². The number of halogens is 6. The zero-order valence-corrected chi connectivity index (χ0v) is 15.2. The third-order valence-electron chi connectivity index (χ3n) is 4.09. The number of rotatable bonds is 4. The molecule has 1 aliphatic heterocycles. The van der Waals surface area contributed by atoms with Gasteiger partial charge in [-0.25, -0.2) is 13.0 Å². The summed E-state index contributed by atoms with van der Waals surface area (Å²) in [4.78, 5) is 4.16. The molecule has 2 aromatic carbocycles. The van der Waals surface area contributed by atoms with Gasteiger partial charge in [-0.1, -0.05) is 12.1 Å². The van der Waals surface area contributed by atoms with E-state index in [2.05, 4.69) is 9.18 Å². The Morgan fingerprint density at radius 2 is 1.82 bits per heavy atom. The van der Waals surface area contributed by atoms with Gasteiger partial charge in [0, 0.05) is 0 Å². The molecule has 1 unspecified atom stereocenters. The zero-order valence-electron chi connectivity index (χ0n) is 13.7. The maximum atomic E-state index is 14.0. The minimum Gasteiger partial charge on any atom is -0.740 e. The van der Waals surface area contributed by atoms with Crippen LogP contribution >= 0.6 is 11.6 Å². The molecule has 28 heavy (non-hydrogen) atoms. The van der Waals surface area contributed by atoms with Crippen molar-refractivity contribution in [3.63, 3.8) is 0 Å². The van der Waals surface area contributed by atoms with Crippen molar-refractivity contribution < 1.29 is 34.9 Å². The van der Waals surface area contributed by atoms with Crippen LogP contribution in [0.5, 0.6) is 5.75 Å². The van der Waals surface area contributed by atoms with Crippen LogP contribution in [0, 0.1) is 11.6 Å². The molecule has 0 saturated carbocycles. The van der Waals surface area contributed by atoms with Crippen LogP contribution in [0.2, 0.25) is 0 Å². The Morgan fingerprint density at radius 3 is 2.39 bits per heavy atom. The smallest absolute Gasteiger partial charge is 0.420 e. The lowest BCUT2D eigenvalue weighted by molar-refractivity contribution is -0.138. The molecule has 3 atom stereocenters. The number of benzene rings is 2. The number of aliphatic imine (C=N–C) groups is 1. The molecule has 0 bridgehead atoms. The van der Waals surface area contributed by atoms with Gasteiger partial charge >= 0.3 is 6.18 Å². The second-order valence-electron chi connectivity index (χ2n) is 5.87. The Labute approximate surface area is 163 Å². The van der Waals surface area contributed by atoms with Gasteiger partial charge in [0.05, 0.1) is 28.3 Å². The van der Waals surface area contributed by atoms with Gasteiger partial charge < -0.3 is 8.74 Å². The van der Waals surface area contributed by atoms with Gasteiger partial charge in [-0.05, 0) is 36.2 Å². The van der Waals surface area contributed by atoms with Crippen molar-refractivity contribution in [1.29, 1.82) is 0 Å². The van der Waals surface area contributed by atoms with Gasteiger partial charge in [0.1, 0.15) is 23.0 Å².